The first-order chi connectivity index (χ1) is 7.15. The molecule has 1 rings (SSSR count). The van der Waals surface area contributed by atoms with Crippen LogP contribution in [0.15, 0.2) is 0 Å². The van der Waals surface area contributed by atoms with Gasteiger partial charge in [-0.2, -0.15) is 0 Å². The van der Waals surface area contributed by atoms with Gasteiger partial charge in [-0.15, -0.1) is 0 Å². The zero-order valence-electron chi connectivity index (χ0n) is 9.83. The quantitative estimate of drug-likeness (QED) is 0.530. The zero-order chi connectivity index (χ0) is 11.3. The molecule has 1 aliphatic heterocycles. The van der Waals surface area contributed by atoms with Gasteiger partial charge < -0.3 is 10.5 Å². The molecule has 2 atom stereocenters. The van der Waals surface area contributed by atoms with E-state index >= 15 is 0 Å². The van der Waals surface area contributed by atoms with Crippen molar-refractivity contribution in [2.45, 2.75) is 32.7 Å². The van der Waals surface area contributed by atoms with E-state index in [1.807, 2.05) is 6.92 Å². The molecule has 0 spiro atoms. The van der Waals surface area contributed by atoms with Gasteiger partial charge >= 0.3 is 0 Å². The highest BCUT2D eigenvalue weighted by Gasteiger charge is 2.22. The van der Waals surface area contributed by atoms with E-state index in [1.54, 1.807) is 0 Å². The number of ether oxygens (including phenoxy) is 1. The normalized spacial score (nSPS) is 24.1. The van der Waals surface area contributed by atoms with E-state index in [9.17, 15) is 0 Å². The minimum Gasteiger partial charge on any atom is -0.387 e. The first-order valence-electron chi connectivity index (χ1n) is 5.80. The predicted octanol–water partition coefficient (Wildman–Crippen LogP) is 1.06. The number of likely N-dealkylation sites (N-methyl/N-ethyl adjacent to an activating group) is 1. The summed E-state index contributed by atoms with van der Waals surface area (Å²) in [6.07, 6.45) is 2.36. The van der Waals surface area contributed by atoms with Crippen LogP contribution in [-0.2, 0) is 4.74 Å². The van der Waals surface area contributed by atoms with E-state index < -0.39 is 0 Å². The molecule has 2 unspecified atom stereocenters. The molecule has 88 valence electrons. The van der Waals surface area contributed by atoms with Gasteiger partial charge in [0.1, 0.15) is 0 Å². The maximum Gasteiger partial charge on any atom is 0.0947 e. The van der Waals surface area contributed by atoms with Crippen LogP contribution >= 0.6 is 0 Å². The lowest BCUT2D eigenvalue weighted by molar-refractivity contribution is 0.0175. The van der Waals surface area contributed by atoms with Crippen molar-refractivity contribution in [3.63, 3.8) is 0 Å². The summed E-state index contributed by atoms with van der Waals surface area (Å²) in [6, 6.07) is 0.519. The molecule has 3 N–H and O–H groups in total. The lowest BCUT2D eigenvalue weighted by atomic mass is 10.1. The highest BCUT2D eigenvalue weighted by molar-refractivity contribution is 5.79. The average molecular weight is 213 g/mol. The summed E-state index contributed by atoms with van der Waals surface area (Å²) in [5, 5.41) is 7.40. The van der Waals surface area contributed by atoms with Crippen LogP contribution in [0.1, 0.15) is 26.7 Å². The van der Waals surface area contributed by atoms with Crippen molar-refractivity contribution in [3.8, 4) is 0 Å². The SMILES string of the molecule is CCN(CC(C)C(=N)N)C1CCCOC1. The first-order valence-corrected chi connectivity index (χ1v) is 5.80. The van der Waals surface area contributed by atoms with Crippen LogP contribution in [0.5, 0.6) is 0 Å². The van der Waals surface area contributed by atoms with E-state index in [0.29, 0.717) is 6.04 Å². The molecule has 0 aromatic rings. The summed E-state index contributed by atoms with van der Waals surface area (Å²) in [5.74, 6) is 0.428. The van der Waals surface area contributed by atoms with Crippen molar-refractivity contribution >= 4 is 5.84 Å². The molecular formula is C11H23N3O. The highest BCUT2D eigenvalue weighted by atomic mass is 16.5. The van der Waals surface area contributed by atoms with Crippen LogP contribution in [-0.4, -0.2) is 43.1 Å². The Labute approximate surface area is 92.3 Å². The largest absolute Gasteiger partial charge is 0.387 e. The average Bonchev–Trinajstić information content (AvgIpc) is 2.26. The van der Waals surface area contributed by atoms with Crippen molar-refractivity contribution in [3.05, 3.63) is 0 Å². The molecule has 0 aromatic heterocycles. The van der Waals surface area contributed by atoms with Crippen molar-refractivity contribution in [1.29, 1.82) is 5.41 Å². The molecule has 0 aromatic carbocycles. The lowest BCUT2D eigenvalue weighted by Crippen LogP contribution is -2.44. The van der Waals surface area contributed by atoms with E-state index in [-0.39, 0.29) is 11.8 Å². The van der Waals surface area contributed by atoms with Gasteiger partial charge in [-0.1, -0.05) is 13.8 Å². The van der Waals surface area contributed by atoms with Crippen LogP contribution < -0.4 is 5.73 Å². The summed E-state index contributed by atoms with van der Waals surface area (Å²) in [5.41, 5.74) is 5.49. The molecule has 1 saturated heterocycles. The van der Waals surface area contributed by atoms with Crippen molar-refractivity contribution in [2.24, 2.45) is 11.7 Å². The predicted molar refractivity (Wildman–Crippen MR) is 62.2 cm³/mol. The molecule has 1 fully saturated rings. The molecular weight excluding hydrogens is 190 g/mol. The van der Waals surface area contributed by atoms with E-state index in [2.05, 4.69) is 11.8 Å². The Kier molecular flexibility index (Phi) is 5.05. The zero-order valence-corrected chi connectivity index (χ0v) is 9.83. The van der Waals surface area contributed by atoms with Crippen LogP contribution in [0.2, 0.25) is 0 Å². The molecule has 0 aliphatic carbocycles. The third-order valence-electron chi connectivity index (χ3n) is 3.10. The number of rotatable bonds is 5. The van der Waals surface area contributed by atoms with E-state index in [1.165, 1.54) is 6.42 Å². The maximum absolute atomic E-state index is 7.40. The fourth-order valence-electron chi connectivity index (χ4n) is 2.00. The van der Waals surface area contributed by atoms with Gasteiger partial charge in [0.05, 0.1) is 12.4 Å². The van der Waals surface area contributed by atoms with Gasteiger partial charge in [0, 0.05) is 25.1 Å². The van der Waals surface area contributed by atoms with Crippen molar-refractivity contribution in [1.82, 2.24) is 4.90 Å². The Morgan fingerprint density at radius 3 is 2.87 bits per heavy atom. The summed E-state index contributed by atoms with van der Waals surface area (Å²) < 4.78 is 5.48. The molecule has 0 bridgehead atoms. The third kappa shape index (κ3) is 3.80. The second-order valence-corrected chi connectivity index (χ2v) is 4.31. The van der Waals surface area contributed by atoms with Gasteiger partial charge in [-0.3, -0.25) is 10.3 Å². The Morgan fingerprint density at radius 1 is 1.67 bits per heavy atom. The molecule has 15 heavy (non-hydrogen) atoms. The minimum absolute atomic E-state index is 0.145. The van der Waals surface area contributed by atoms with Gasteiger partial charge in [0.2, 0.25) is 0 Å². The second kappa shape index (κ2) is 6.08. The Bertz CT molecular complexity index is 202. The second-order valence-electron chi connectivity index (χ2n) is 4.31. The molecule has 4 heteroatoms. The smallest absolute Gasteiger partial charge is 0.0947 e. The van der Waals surface area contributed by atoms with Gasteiger partial charge in [-0.25, -0.2) is 0 Å². The van der Waals surface area contributed by atoms with E-state index in [4.69, 9.17) is 15.9 Å². The fourth-order valence-corrected chi connectivity index (χ4v) is 2.00. The summed E-state index contributed by atoms with van der Waals surface area (Å²) in [7, 11) is 0. The Morgan fingerprint density at radius 2 is 2.40 bits per heavy atom. The first kappa shape index (κ1) is 12.5. The number of amidine groups is 1. The van der Waals surface area contributed by atoms with Crippen LogP contribution in [0.3, 0.4) is 0 Å². The van der Waals surface area contributed by atoms with Gasteiger partial charge in [-0.05, 0) is 19.4 Å². The summed E-state index contributed by atoms with van der Waals surface area (Å²) in [6.45, 7) is 7.77. The maximum atomic E-state index is 7.40. The van der Waals surface area contributed by atoms with Crippen LogP contribution in [0.25, 0.3) is 0 Å². The number of nitrogens with two attached hydrogens (primary N) is 1. The molecule has 0 amide bonds. The van der Waals surface area contributed by atoms with Crippen LogP contribution in [0, 0.1) is 11.3 Å². The fraction of sp³-hybridized carbons (Fsp3) is 0.909. The lowest BCUT2D eigenvalue weighted by Gasteiger charge is -2.34. The highest BCUT2D eigenvalue weighted by Crippen LogP contribution is 2.14. The minimum atomic E-state index is 0.145. The van der Waals surface area contributed by atoms with Crippen molar-refractivity contribution < 1.29 is 4.74 Å². The summed E-state index contributed by atoms with van der Waals surface area (Å²) >= 11 is 0. The van der Waals surface area contributed by atoms with Gasteiger partial charge in [0.25, 0.3) is 0 Å². The molecule has 4 nitrogen and oxygen atoms in total. The number of hydrogen-bond donors (Lipinski definition) is 2. The molecule has 0 saturated carbocycles. The monoisotopic (exact) mass is 213 g/mol. The standard InChI is InChI=1S/C11H23N3O/c1-3-14(7-9(2)11(12)13)10-5-4-6-15-8-10/h9-10H,3-8H2,1-2H3,(H3,12,13). The topological polar surface area (TPSA) is 62.3 Å². The van der Waals surface area contributed by atoms with E-state index in [0.717, 1.165) is 32.7 Å². The van der Waals surface area contributed by atoms with Crippen LogP contribution in [0.4, 0.5) is 0 Å². The molecule has 1 heterocycles. The van der Waals surface area contributed by atoms with Gasteiger partial charge in [0.15, 0.2) is 0 Å². The number of nitrogens with zero attached hydrogens (tertiary/aromatic N) is 1. The molecule has 0 radical (unpaired) electrons. The molecule has 1 aliphatic rings. The Balaban J connectivity index is 2.43. The Hall–Kier alpha value is -0.610. The number of nitrogens with one attached hydrogen (secondary N) is 1. The summed E-state index contributed by atoms with van der Waals surface area (Å²) in [4.78, 5) is 2.38. The van der Waals surface area contributed by atoms with Crippen molar-refractivity contribution in [2.75, 3.05) is 26.3 Å². The third-order valence-corrected chi connectivity index (χ3v) is 3.10. The number of hydrogen-bond acceptors (Lipinski definition) is 3.